The third-order valence-corrected chi connectivity index (χ3v) is 9.82. The molecule has 1 amide bonds. The zero-order valence-corrected chi connectivity index (χ0v) is 27.4. The number of aliphatic hydroxyl groups is 4. The number of rotatable bonds is 0. The number of hydrogen-bond donors (Lipinski definition) is 7. The molecule has 5 aliphatic heterocycles. The second-order valence-electron chi connectivity index (χ2n) is 13.0. The Morgan fingerprint density at radius 1 is 0.723 bits per heavy atom. The lowest BCUT2D eigenvalue weighted by atomic mass is 9.75. The number of aliphatic hydroxyl groups excluding tert-OH is 4. The molecule has 1 fully saturated rings. The van der Waals surface area contributed by atoms with Crippen molar-refractivity contribution in [3.8, 4) is 11.5 Å². The average Bonchev–Trinajstić information content (AvgIpc) is 3.03. The first-order valence-electron chi connectivity index (χ1n) is 15.6. The van der Waals surface area contributed by atoms with E-state index in [-0.39, 0.29) is 16.7 Å². The van der Waals surface area contributed by atoms with E-state index in [1.165, 1.54) is 39.0 Å². The fourth-order valence-electron chi connectivity index (χ4n) is 6.61. The van der Waals surface area contributed by atoms with Gasteiger partial charge in [-0.1, -0.05) is 52.0 Å². The van der Waals surface area contributed by atoms with Crippen molar-refractivity contribution in [3.63, 3.8) is 0 Å². The number of phenols is 2. The number of amides is 1. The molecule has 5 heterocycles. The minimum Gasteiger partial charge on any atom is -0.507 e. The van der Waals surface area contributed by atoms with Gasteiger partial charge in [-0.2, -0.15) is 0 Å². The SMILES string of the molecule is CC1=CC=C[C@H](C)[C@H](O)[C@@H](C)[C@@H](O)[C@@H](C)[C@@H]2O[C@H](O)[C@@H](C=C(C)C(=O)c3c(O)c(C)c(O)c4c3C(=O)C=C(NC1=O)C4=O)[C@H](O)[C@H]2C. The predicted molar refractivity (Wildman–Crippen MR) is 169 cm³/mol. The van der Waals surface area contributed by atoms with E-state index in [0.717, 1.165) is 6.08 Å². The molecule has 0 unspecified atom stereocenters. The van der Waals surface area contributed by atoms with Gasteiger partial charge < -0.3 is 40.7 Å². The minimum atomic E-state index is -1.62. The van der Waals surface area contributed by atoms with Crippen molar-refractivity contribution in [2.45, 2.75) is 79.2 Å². The Balaban J connectivity index is 1.88. The van der Waals surface area contributed by atoms with Crippen molar-refractivity contribution in [1.29, 1.82) is 0 Å². The van der Waals surface area contributed by atoms with Crippen molar-refractivity contribution < 1.29 is 54.6 Å². The molecule has 1 aromatic carbocycles. The van der Waals surface area contributed by atoms with Crippen LogP contribution < -0.4 is 5.32 Å². The Morgan fingerprint density at radius 3 is 1.91 bits per heavy atom. The van der Waals surface area contributed by atoms with E-state index < -0.39 is 117 Å². The van der Waals surface area contributed by atoms with Crippen molar-refractivity contribution in [2.75, 3.05) is 0 Å². The summed E-state index contributed by atoms with van der Waals surface area (Å²) in [6.07, 6.45) is 0.789. The van der Waals surface area contributed by atoms with E-state index in [1.54, 1.807) is 33.8 Å². The van der Waals surface area contributed by atoms with Crippen LogP contribution in [0.2, 0.25) is 0 Å². The van der Waals surface area contributed by atoms with Gasteiger partial charge in [-0.3, -0.25) is 19.2 Å². The van der Waals surface area contributed by atoms with E-state index in [9.17, 15) is 49.8 Å². The normalized spacial score (nSPS) is 34.1. The zero-order valence-electron chi connectivity index (χ0n) is 27.4. The Bertz CT molecular complexity index is 1620. The monoisotopic (exact) mass is 653 g/mol. The molecule has 0 saturated carbocycles. The molecule has 1 aromatic rings. The molecule has 12 nitrogen and oxygen atoms in total. The number of ether oxygens (including phenoxy) is 1. The fraction of sp³-hybridized carbons (Fsp3) is 0.486. The molecule has 7 N–H and O–H groups in total. The summed E-state index contributed by atoms with van der Waals surface area (Å²) in [6.45, 7) is 10.8. The van der Waals surface area contributed by atoms with Crippen LogP contribution in [0.15, 0.2) is 47.2 Å². The van der Waals surface area contributed by atoms with E-state index in [1.807, 2.05) is 0 Å². The molecule has 47 heavy (non-hydrogen) atoms. The summed E-state index contributed by atoms with van der Waals surface area (Å²) in [7, 11) is 0. The highest BCUT2D eigenvalue weighted by molar-refractivity contribution is 6.31. The van der Waals surface area contributed by atoms with E-state index in [4.69, 9.17) is 4.74 Å². The highest BCUT2D eigenvalue weighted by Crippen LogP contribution is 2.42. The Labute approximate surface area is 272 Å². The largest absolute Gasteiger partial charge is 0.507 e. The van der Waals surface area contributed by atoms with Crippen LogP contribution in [-0.2, 0) is 9.53 Å². The molecule has 1 aliphatic carbocycles. The van der Waals surface area contributed by atoms with E-state index >= 15 is 0 Å². The number of hydrogen-bond acceptors (Lipinski definition) is 11. The summed E-state index contributed by atoms with van der Waals surface area (Å²) in [5.41, 5.74) is -2.37. The third kappa shape index (κ3) is 6.48. The van der Waals surface area contributed by atoms with Gasteiger partial charge in [0.05, 0.1) is 52.7 Å². The van der Waals surface area contributed by atoms with Crippen LogP contribution in [0, 0.1) is 36.5 Å². The Kier molecular flexibility index (Phi) is 10.4. The molecule has 0 aromatic heterocycles. The first-order valence-corrected chi connectivity index (χ1v) is 15.6. The molecule has 6 bridgehead atoms. The molecular weight excluding hydrogens is 610 g/mol. The molecule has 0 spiro atoms. The molecule has 6 aliphatic rings. The maximum Gasteiger partial charge on any atom is 0.251 e. The summed E-state index contributed by atoms with van der Waals surface area (Å²) in [6, 6.07) is 0. The number of aromatic hydroxyl groups is 2. The van der Waals surface area contributed by atoms with E-state index in [0.29, 0.717) is 0 Å². The number of carbonyl (C=O) groups excluding carboxylic acids is 4. The molecule has 7 rings (SSSR count). The van der Waals surface area contributed by atoms with Crippen molar-refractivity contribution in [1.82, 2.24) is 5.32 Å². The van der Waals surface area contributed by atoms with Gasteiger partial charge in [0.1, 0.15) is 11.5 Å². The number of allylic oxidation sites excluding steroid dienone is 5. The van der Waals surface area contributed by atoms with E-state index in [2.05, 4.69) is 5.32 Å². The van der Waals surface area contributed by atoms with Gasteiger partial charge in [0.15, 0.2) is 17.9 Å². The number of ketones is 3. The van der Waals surface area contributed by atoms with Gasteiger partial charge in [-0.25, -0.2) is 0 Å². The van der Waals surface area contributed by atoms with Gasteiger partial charge in [0.2, 0.25) is 5.78 Å². The average molecular weight is 654 g/mol. The van der Waals surface area contributed by atoms with Gasteiger partial charge >= 0.3 is 0 Å². The number of carbonyl (C=O) groups is 4. The molecule has 10 atom stereocenters. The lowest BCUT2D eigenvalue weighted by molar-refractivity contribution is -0.254. The van der Waals surface area contributed by atoms with Gasteiger partial charge in [0, 0.05) is 40.9 Å². The van der Waals surface area contributed by atoms with Crippen LogP contribution in [-0.4, -0.2) is 84.6 Å². The second kappa shape index (κ2) is 13.7. The zero-order chi connectivity index (χ0) is 35.2. The van der Waals surface area contributed by atoms with Crippen molar-refractivity contribution in [2.24, 2.45) is 29.6 Å². The number of nitrogens with one attached hydrogen (secondary N) is 1. The first-order chi connectivity index (χ1) is 21.9. The number of Topliss-reactive ketones (excluding diaryl/α,β-unsaturated/α-hetero) is 2. The molecular formula is C35H43NO11. The Morgan fingerprint density at radius 2 is 1.30 bits per heavy atom. The Hall–Kier alpha value is -3.94. The summed E-state index contributed by atoms with van der Waals surface area (Å²) < 4.78 is 5.89. The van der Waals surface area contributed by atoms with Gasteiger partial charge in [-0.15, -0.1) is 0 Å². The van der Waals surface area contributed by atoms with Gasteiger partial charge in [-0.05, 0) is 26.3 Å². The molecule has 12 heteroatoms. The van der Waals surface area contributed by atoms with Crippen LogP contribution in [0.4, 0.5) is 0 Å². The number of benzene rings is 1. The molecule has 1 saturated heterocycles. The summed E-state index contributed by atoms with van der Waals surface area (Å²) in [5.74, 6) is -8.62. The quantitative estimate of drug-likeness (QED) is 0.216. The number of phenolic OH excluding ortho intramolecular Hbond substituents is 2. The lowest BCUT2D eigenvalue weighted by Gasteiger charge is -2.45. The summed E-state index contributed by atoms with van der Waals surface area (Å²) >= 11 is 0. The lowest BCUT2D eigenvalue weighted by Crippen LogP contribution is -2.54. The maximum absolute atomic E-state index is 13.8. The molecule has 254 valence electrons. The highest BCUT2D eigenvalue weighted by atomic mass is 16.6. The van der Waals surface area contributed by atoms with Crippen LogP contribution in [0.3, 0.4) is 0 Å². The van der Waals surface area contributed by atoms with Crippen LogP contribution in [0.25, 0.3) is 0 Å². The summed E-state index contributed by atoms with van der Waals surface area (Å²) in [5, 5.41) is 68.7. The van der Waals surface area contributed by atoms with Gasteiger partial charge in [0.25, 0.3) is 5.91 Å². The van der Waals surface area contributed by atoms with Crippen LogP contribution in [0.1, 0.15) is 78.2 Å². The fourth-order valence-corrected chi connectivity index (χ4v) is 6.61. The molecule has 0 radical (unpaired) electrons. The van der Waals surface area contributed by atoms with Crippen LogP contribution in [0.5, 0.6) is 11.5 Å². The summed E-state index contributed by atoms with van der Waals surface area (Å²) in [4.78, 5) is 53.8. The highest BCUT2D eigenvalue weighted by Gasteiger charge is 2.46. The minimum absolute atomic E-state index is 0.112. The van der Waals surface area contributed by atoms with Crippen molar-refractivity contribution >= 4 is 23.3 Å². The smallest absolute Gasteiger partial charge is 0.251 e. The predicted octanol–water partition coefficient (Wildman–Crippen LogP) is 2.39. The maximum atomic E-state index is 13.8. The second-order valence-corrected chi connectivity index (χ2v) is 13.0. The topological polar surface area (TPSA) is 211 Å². The van der Waals surface area contributed by atoms with Crippen molar-refractivity contribution in [3.05, 3.63) is 69.5 Å². The third-order valence-electron chi connectivity index (χ3n) is 9.82. The first kappa shape index (κ1) is 35.9. The van der Waals surface area contributed by atoms with Crippen LogP contribution >= 0.6 is 0 Å². The standard InChI is InChI=1S/C35H43NO11/c1-13-9-8-10-14(2)34(45)36-21-12-22(37)23-24(30(42)17(5)31(43)25(23)32(21)44)27(39)15(3)11-20-29(41)19(7)33(47-35(20)46)18(6)28(40)16(4)26(13)38/h8-13,16,18-20,26,28-29,33,35,38,40-43,46H,1-7H3,(H,36,45)/t13-,16+,18+,19+,20-,26-,28+,29+,33-,35-/m0/s1.